The molecule has 2 aromatic rings. The first-order chi connectivity index (χ1) is 11.1. The fourth-order valence-electron chi connectivity index (χ4n) is 2.22. The lowest BCUT2D eigenvalue weighted by Gasteiger charge is -2.15. The van der Waals surface area contributed by atoms with Crippen molar-refractivity contribution in [3.05, 3.63) is 59.7 Å². The second-order valence-corrected chi connectivity index (χ2v) is 5.32. The molecule has 5 heteroatoms. The van der Waals surface area contributed by atoms with E-state index in [4.69, 9.17) is 9.47 Å². The number of phenols is 1. The molecule has 0 heterocycles. The summed E-state index contributed by atoms with van der Waals surface area (Å²) >= 11 is 0. The van der Waals surface area contributed by atoms with E-state index in [9.17, 15) is 9.90 Å². The molecule has 2 aromatic carbocycles. The van der Waals surface area contributed by atoms with Crippen molar-refractivity contribution in [1.29, 1.82) is 0 Å². The highest BCUT2D eigenvalue weighted by molar-refractivity contribution is 5.67. The van der Waals surface area contributed by atoms with Crippen LogP contribution in [0.25, 0.3) is 0 Å². The van der Waals surface area contributed by atoms with Gasteiger partial charge < -0.3 is 19.9 Å². The zero-order valence-electron chi connectivity index (χ0n) is 13.3. The maximum absolute atomic E-state index is 11.8. The summed E-state index contributed by atoms with van der Waals surface area (Å²) < 4.78 is 10.3. The number of hydrogen-bond donors (Lipinski definition) is 2. The van der Waals surface area contributed by atoms with Gasteiger partial charge in [-0.15, -0.1) is 0 Å². The van der Waals surface area contributed by atoms with E-state index in [1.165, 1.54) is 7.11 Å². The van der Waals surface area contributed by atoms with Gasteiger partial charge >= 0.3 is 6.09 Å². The molecule has 1 unspecified atom stereocenters. The minimum Gasteiger partial charge on any atom is -0.504 e. The summed E-state index contributed by atoms with van der Waals surface area (Å²) in [5.74, 6) is 0.514. The zero-order valence-corrected chi connectivity index (χ0v) is 13.3. The second-order valence-electron chi connectivity index (χ2n) is 5.32. The normalized spacial score (nSPS) is 11.6. The number of ether oxygens (including phenoxy) is 2. The smallest absolute Gasteiger partial charge is 0.407 e. The molecule has 0 saturated carbocycles. The fraction of sp³-hybridized carbons (Fsp3) is 0.278. The average molecular weight is 315 g/mol. The zero-order chi connectivity index (χ0) is 16.7. The van der Waals surface area contributed by atoms with Crippen molar-refractivity contribution in [1.82, 2.24) is 5.32 Å². The topological polar surface area (TPSA) is 67.8 Å². The van der Waals surface area contributed by atoms with Gasteiger partial charge in [0.2, 0.25) is 0 Å². The minimum absolute atomic E-state index is 0.0964. The van der Waals surface area contributed by atoms with Crippen LogP contribution in [0.3, 0.4) is 0 Å². The lowest BCUT2D eigenvalue weighted by Crippen LogP contribution is -2.34. The molecule has 0 aliphatic heterocycles. The van der Waals surface area contributed by atoms with Gasteiger partial charge in [-0.2, -0.15) is 0 Å². The number of alkyl carbamates (subject to hydrolysis) is 1. The van der Waals surface area contributed by atoms with Crippen LogP contribution >= 0.6 is 0 Å². The summed E-state index contributed by atoms with van der Waals surface area (Å²) in [6.07, 6.45) is 0.156. The van der Waals surface area contributed by atoms with Gasteiger partial charge in [0.05, 0.1) is 7.11 Å². The lowest BCUT2D eigenvalue weighted by molar-refractivity contribution is 0.136. The number of benzene rings is 2. The van der Waals surface area contributed by atoms with Crippen molar-refractivity contribution >= 4 is 6.09 Å². The molecule has 0 radical (unpaired) electrons. The van der Waals surface area contributed by atoms with Gasteiger partial charge in [-0.25, -0.2) is 4.79 Å². The van der Waals surface area contributed by atoms with Crippen LogP contribution in [-0.4, -0.2) is 24.4 Å². The first kappa shape index (κ1) is 16.7. The van der Waals surface area contributed by atoms with E-state index in [0.717, 1.165) is 11.1 Å². The third-order valence-corrected chi connectivity index (χ3v) is 3.36. The van der Waals surface area contributed by atoms with Crippen molar-refractivity contribution in [3.8, 4) is 11.5 Å². The third kappa shape index (κ3) is 5.21. The number of phenolic OH excluding ortho intramolecular Hbond substituents is 1. The van der Waals surface area contributed by atoms with Crippen LogP contribution in [0, 0.1) is 0 Å². The van der Waals surface area contributed by atoms with Crippen molar-refractivity contribution in [2.75, 3.05) is 7.11 Å². The van der Waals surface area contributed by atoms with Crippen LogP contribution in [0.15, 0.2) is 48.5 Å². The largest absolute Gasteiger partial charge is 0.504 e. The van der Waals surface area contributed by atoms with Crippen LogP contribution in [-0.2, 0) is 17.8 Å². The van der Waals surface area contributed by atoms with Gasteiger partial charge in [0.15, 0.2) is 11.5 Å². The molecule has 0 spiro atoms. The monoisotopic (exact) mass is 315 g/mol. The summed E-state index contributed by atoms with van der Waals surface area (Å²) in [5, 5.41) is 12.4. The SMILES string of the molecule is COc1cc(CC(C)NC(=O)OCc2ccccc2)ccc1O. The number of aromatic hydroxyl groups is 1. The maximum Gasteiger partial charge on any atom is 0.407 e. The average Bonchev–Trinajstić information content (AvgIpc) is 2.55. The molecule has 0 aromatic heterocycles. The molecule has 0 aliphatic rings. The Hall–Kier alpha value is -2.69. The highest BCUT2D eigenvalue weighted by atomic mass is 16.5. The van der Waals surface area contributed by atoms with Crippen LogP contribution < -0.4 is 10.1 Å². The molecule has 1 atom stereocenters. The maximum atomic E-state index is 11.8. The number of amides is 1. The van der Waals surface area contributed by atoms with Gasteiger partial charge in [0.1, 0.15) is 6.61 Å². The quantitative estimate of drug-likeness (QED) is 0.858. The Labute approximate surface area is 135 Å². The van der Waals surface area contributed by atoms with Crippen LogP contribution in [0.4, 0.5) is 4.79 Å². The van der Waals surface area contributed by atoms with E-state index in [1.807, 2.05) is 37.3 Å². The minimum atomic E-state index is -0.452. The van der Waals surface area contributed by atoms with Crippen molar-refractivity contribution < 1.29 is 19.4 Å². The van der Waals surface area contributed by atoms with E-state index in [2.05, 4.69) is 5.32 Å². The number of methoxy groups -OCH3 is 1. The van der Waals surface area contributed by atoms with Gasteiger partial charge in [-0.1, -0.05) is 36.4 Å². The van der Waals surface area contributed by atoms with Gasteiger partial charge in [0, 0.05) is 6.04 Å². The standard InChI is InChI=1S/C18H21NO4/c1-13(10-15-8-9-16(20)17(11-15)22-2)19-18(21)23-12-14-6-4-3-5-7-14/h3-9,11,13,20H,10,12H2,1-2H3,(H,19,21). The predicted octanol–water partition coefficient (Wildman–Crippen LogP) is 3.26. The molecule has 0 bridgehead atoms. The first-order valence-corrected chi connectivity index (χ1v) is 7.41. The molecule has 0 fully saturated rings. The highest BCUT2D eigenvalue weighted by Gasteiger charge is 2.11. The number of rotatable bonds is 6. The Morgan fingerprint density at radius 1 is 1.17 bits per heavy atom. The van der Waals surface area contributed by atoms with Crippen molar-refractivity contribution in [2.45, 2.75) is 26.0 Å². The highest BCUT2D eigenvalue weighted by Crippen LogP contribution is 2.26. The molecule has 0 saturated heterocycles. The Bertz CT molecular complexity index is 643. The van der Waals surface area contributed by atoms with E-state index in [0.29, 0.717) is 12.2 Å². The Balaban J connectivity index is 1.82. The van der Waals surface area contributed by atoms with Crippen LogP contribution in [0.5, 0.6) is 11.5 Å². The first-order valence-electron chi connectivity index (χ1n) is 7.41. The van der Waals surface area contributed by atoms with Crippen LogP contribution in [0.1, 0.15) is 18.1 Å². The van der Waals surface area contributed by atoms with Crippen molar-refractivity contribution in [3.63, 3.8) is 0 Å². The molecular formula is C18H21NO4. The third-order valence-electron chi connectivity index (χ3n) is 3.36. The number of carbonyl (C=O) groups excluding carboxylic acids is 1. The number of nitrogens with one attached hydrogen (secondary N) is 1. The van der Waals surface area contributed by atoms with E-state index in [-0.39, 0.29) is 18.4 Å². The summed E-state index contributed by atoms with van der Waals surface area (Å²) in [4.78, 5) is 11.8. The fourth-order valence-corrected chi connectivity index (χ4v) is 2.22. The lowest BCUT2D eigenvalue weighted by atomic mass is 10.1. The van der Waals surface area contributed by atoms with E-state index < -0.39 is 6.09 Å². The summed E-state index contributed by atoms with van der Waals surface area (Å²) in [5.41, 5.74) is 1.90. The molecule has 0 aliphatic carbocycles. The number of hydrogen-bond acceptors (Lipinski definition) is 4. The van der Waals surface area contributed by atoms with Gasteiger partial charge in [0.25, 0.3) is 0 Å². The van der Waals surface area contributed by atoms with Crippen LogP contribution in [0.2, 0.25) is 0 Å². The summed E-state index contributed by atoms with van der Waals surface area (Å²) in [6.45, 7) is 2.13. The molecule has 23 heavy (non-hydrogen) atoms. The molecule has 5 nitrogen and oxygen atoms in total. The molecular weight excluding hydrogens is 294 g/mol. The number of carbonyl (C=O) groups is 1. The molecule has 1 amide bonds. The molecule has 2 rings (SSSR count). The van der Waals surface area contributed by atoms with E-state index >= 15 is 0 Å². The molecule has 122 valence electrons. The summed E-state index contributed by atoms with van der Waals surface area (Å²) in [6, 6.07) is 14.5. The van der Waals surface area contributed by atoms with Crippen molar-refractivity contribution in [2.24, 2.45) is 0 Å². The Morgan fingerprint density at radius 3 is 2.61 bits per heavy atom. The molecule has 2 N–H and O–H groups in total. The Kier molecular flexibility index (Phi) is 5.86. The predicted molar refractivity (Wildman–Crippen MR) is 87.6 cm³/mol. The van der Waals surface area contributed by atoms with E-state index in [1.54, 1.807) is 18.2 Å². The second kappa shape index (κ2) is 8.08. The van der Waals surface area contributed by atoms with Gasteiger partial charge in [-0.3, -0.25) is 0 Å². The van der Waals surface area contributed by atoms with Gasteiger partial charge in [-0.05, 0) is 36.6 Å². The Morgan fingerprint density at radius 2 is 1.91 bits per heavy atom. The summed E-state index contributed by atoms with van der Waals surface area (Å²) in [7, 11) is 1.50.